The number of carbonyl (C=O) groups excluding carboxylic acids is 1. The first-order valence-electron chi connectivity index (χ1n) is 6.72. The van der Waals surface area contributed by atoms with Crippen molar-refractivity contribution >= 4 is 5.91 Å². The number of hydrogen-bond acceptors (Lipinski definition) is 3. The number of carbonyl (C=O) groups is 1. The molecule has 104 valence electrons. The van der Waals surface area contributed by atoms with Crippen LogP contribution in [0.3, 0.4) is 0 Å². The normalized spacial score (nSPS) is 9.47. The van der Waals surface area contributed by atoms with Gasteiger partial charge in [0.05, 0.1) is 6.54 Å². The van der Waals surface area contributed by atoms with Crippen molar-refractivity contribution in [1.29, 1.82) is 0 Å². The third-order valence-corrected chi connectivity index (χ3v) is 2.41. The van der Waals surface area contributed by atoms with E-state index >= 15 is 0 Å². The summed E-state index contributed by atoms with van der Waals surface area (Å²) in [6, 6.07) is 0. The molecule has 0 saturated carbocycles. The second-order valence-electron chi connectivity index (χ2n) is 4.19. The number of likely N-dealkylation sites (N-methyl/N-ethyl adjacent to an activating group) is 2. The molecule has 0 fully saturated rings. The molecule has 0 radical (unpaired) electrons. The molecule has 0 aliphatic rings. The van der Waals surface area contributed by atoms with Crippen LogP contribution in [0.2, 0.25) is 0 Å². The molecule has 0 heterocycles. The van der Waals surface area contributed by atoms with Crippen molar-refractivity contribution in [2.24, 2.45) is 5.73 Å². The zero-order valence-corrected chi connectivity index (χ0v) is 12.1. The molecule has 4 nitrogen and oxygen atoms in total. The van der Waals surface area contributed by atoms with Crippen LogP contribution in [0.5, 0.6) is 0 Å². The third kappa shape index (κ3) is 15.4. The van der Waals surface area contributed by atoms with Crippen LogP contribution >= 0.6 is 0 Å². The topological polar surface area (TPSA) is 58.4 Å². The quantitative estimate of drug-likeness (QED) is 0.639. The molecule has 0 bridgehead atoms. The van der Waals surface area contributed by atoms with E-state index in [-0.39, 0.29) is 5.91 Å². The van der Waals surface area contributed by atoms with Gasteiger partial charge in [0.25, 0.3) is 0 Å². The van der Waals surface area contributed by atoms with E-state index in [9.17, 15) is 4.79 Å². The van der Waals surface area contributed by atoms with Gasteiger partial charge in [-0.25, -0.2) is 0 Å². The molecule has 1 amide bonds. The lowest BCUT2D eigenvalue weighted by Crippen LogP contribution is -2.34. The molecule has 0 aromatic carbocycles. The van der Waals surface area contributed by atoms with Gasteiger partial charge in [-0.1, -0.05) is 33.1 Å². The van der Waals surface area contributed by atoms with Gasteiger partial charge in [0.2, 0.25) is 5.91 Å². The molecule has 0 atom stereocenters. The van der Waals surface area contributed by atoms with E-state index in [1.807, 2.05) is 7.05 Å². The molecule has 0 unspecified atom stereocenters. The summed E-state index contributed by atoms with van der Waals surface area (Å²) < 4.78 is 0. The largest absolute Gasteiger partial charge is 0.345 e. The molecule has 0 aromatic heterocycles. The predicted molar refractivity (Wildman–Crippen MR) is 75.1 cm³/mol. The van der Waals surface area contributed by atoms with Gasteiger partial charge in [-0.15, -0.1) is 0 Å². The van der Waals surface area contributed by atoms with E-state index < -0.39 is 0 Å². The van der Waals surface area contributed by atoms with Crippen molar-refractivity contribution in [1.82, 2.24) is 10.2 Å². The fourth-order valence-electron chi connectivity index (χ4n) is 1.21. The van der Waals surface area contributed by atoms with Crippen LogP contribution in [0.1, 0.15) is 46.0 Å². The minimum atomic E-state index is 0.175. The molecule has 4 heteroatoms. The Hall–Kier alpha value is -0.610. The molecule has 0 spiro atoms. The molecule has 17 heavy (non-hydrogen) atoms. The highest BCUT2D eigenvalue weighted by Gasteiger charge is 2.05. The molecular formula is C13H31N3O. The third-order valence-electron chi connectivity index (χ3n) is 2.41. The smallest absolute Gasteiger partial charge is 0.236 e. The first kappa shape index (κ1) is 18.7. The van der Waals surface area contributed by atoms with E-state index in [2.05, 4.69) is 19.2 Å². The molecule has 0 rings (SSSR count). The van der Waals surface area contributed by atoms with Crippen molar-refractivity contribution < 1.29 is 4.79 Å². The van der Waals surface area contributed by atoms with Crippen molar-refractivity contribution in [2.75, 3.05) is 33.7 Å². The summed E-state index contributed by atoms with van der Waals surface area (Å²) in [6.45, 7) is 6.47. The van der Waals surface area contributed by atoms with Gasteiger partial charge < -0.3 is 16.0 Å². The lowest BCUT2D eigenvalue weighted by molar-refractivity contribution is -0.128. The fraction of sp³-hybridized carbons (Fsp3) is 0.923. The van der Waals surface area contributed by atoms with E-state index in [1.165, 1.54) is 25.7 Å². The van der Waals surface area contributed by atoms with Crippen molar-refractivity contribution in [2.45, 2.75) is 46.0 Å². The van der Waals surface area contributed by atoms with Crippen molar-refractivity contribution in [3.8, 4) is 0 Å². The lowest BCUT2D eigenvalue weighted by atomic mass is 10.2. The van der Waals surface area contributed by atoms with Crippen LogP contribution in [-0.4, -0.2) is 44.5 Å². The predicted octanol–water partition coefficient (Wildman–Crippen LogP) is 1.60. The summed E-state index contributed by atoms with van der Waals surface area (Å²) in [6.07, 6.45) is 5.91. The highest BCUT2D eigenvalue weighted by molar-refractivity contribution is 5.77. The van der Waals surface area contributed by atoms with Crippen molar-refractivity contribution in [3.05, 3.63) is 0 Å². The zero-order valence-electron chi connectivity index (χ0n) is 12.1. The van der Waals surface area contributed by atoms with Crippen LogP contribution in [-0.2, 0) is 4.79 Å². The molecular weight excluding hydrogens is 214 g/mol. The van der Waals surface area contributed by atoms with Crippen molar-refractivity contribution in [3.63, 3.8) is 0 Å². The Labute approximate surface area is 107 Å². The van der Waals surface area contributed by atoms with Crippen LogP contribution < -0.4 is 11.1 Å². The fourth-order valence-corrected chi connectivity index (χ4v) is 1.21. The molecule has 0 saturated heterocycles. The Morgan fingerprint density at radius 2 is 1.76 bits per heavy atom. The van der Waals surface area contributed by atoms with E-state index in [0.717, 1.165) is 19.5 Å². The van der Waals surface area contributed by atoms with Gasteiger partial charge in [0.1, 0.15) is 0 Å². The van der Waals surface area contributed by atoms with E-state index in [0.29, 0.717) is 6.54 Å². The summed E-state index contributed by atoms with van der Waals surface area (Å²) in [5.41, 5.74) is 5.14. The monoisotopic (exact) mass is 245 g/mol. The molecule has 3 N–H and O–H groups in total. The highest BCUT2D eigenvalue weighted by Crippen LogP contribution is 1.96. The number of nitrogens with zero attached hydrogens (tertiary/aromatic N) is 1. The number of rotatable bonds is 8. The second-order valence-corrected chi connectivity index (χ2v) is 4.19. The minimum Gasteiger partial charge on any atom is -0.345 e. The van der Waals surface area contributed by atoms with Gasteiger partial charge in [-0.2, -0.15) is 0 Å². The number of amides is 1. The van der Waals surface area contributed by atoms with Gasteiger partial charge in [0.15, 0.2) is 0 Å². The summed E-state index contributed by atoms with van der Waals surface area (Å²) >= 11 is 0. The average Bonchev–Trinajstić information content (AvgIpc) is 2.31. The number of unbranched alkanes of at least 4 members (excludes halogenated alkanes) is 3. The summed E-state index contributed by atoms with van der Waals surface area (Å²) in [7, 11) is 3.65. The van der Waals surface area contributed by atoms with Crippen LogP contribution in [0.15, 0.2) is 0 Å². The van der Waals surface area contributed by atoms with Crippen LogP contribution in [0, 0.1) is 0 Å². The SMILES string of the molecule is CCCCCN(C)C(=O)CNC.CCCCN. The standard InChI is InChI=1S/C9H20N2O.C4H11N/c1-4-5-6-7-11(3)9(12)8-10-2;1-2-3-4-5/h10H,4-8H2,1-3H3;2-5H2,1H3. The number of nitrogens with two attached hydrogens (primary N) is 1. The molecule has 0 aliphatic carbocycles. The number of hydrogen-bond donors (Lipinski definition) is 2. The van der Waals surface area contributed by atoms with Crippen LogP contribution in [0.4, 0.5) is 0 Å². The van der Waals surface area contributed by atoms with Gasteiger partial charge in [-0.05, 0) is 26.4 Å². The lowest BCUT2D eigenvalue weighted by Gasteiger charge is -2.16. The van der Waals surface area contributed by atoms with Gasteiger partial charge in [-0.3, -0.25) is 4.79 Å². The maximum absolute atomic E-state index is 11.2. The summed E-state index contributed by atoms with van der Waals surface area (Å²) in [5.74, 6) is 0.175. The number of nitrogens with one attached hydrogen (secondary N) is 1. The Kier molecular flexibility index (Phi) is 17.0. The van der Waals surface area contributed by atoms with Crippen LogP contribution in [0.25, 0.3) is 0 Å². The average molecular weight is 245 g/mol. The molecule has 0 aromatic rings. The maximum Gasteiger partial charge on any atom is 0.236 e. The maximum atomic E-state index is 11.2. The minimum absolute atomic E-state index is 0.175. The second kappa shape index (κ2) is 15.4. The van der Waals surface area contributed by atoms with E-state index in [4.69, 9.17) is 5.73 Å². The Bertz CT molecular complexity index is 161. The highest BCUT2D eigenvalue weighted by atomic mass is 16.2. The van der Waals surface area contributed by atoms with E-state index in [1.54, 1.807) is 11.9 Å². The Morgan fingerprint density at radius 1 is 1.18 bits per heavy atom. The Balaban J connectivity index is 0. The van der Waals surface area contributed by atoms with Gasteiger partial charge >= 0.3 is 0 Å². The zero-order chi connectivity index (χ0) is 13.5. The van der Waals surface area contributed by atoms with Gasteiger partial charge in [0, 0.05) is 13.6 Å². The molecule has 0 aliphatic heterocycles. The first-order valence-corrected chi connectivity index (χ1v) is 6.72. The Morgan fingerprint density at radius 3 is 2.12 bits per heavy atom. The summed E-state index contributed by atoms with van der Waals surface area (Å²) in [5, 5.41) is 2.85. The summed E-state index contributed by atoms with van der Waals surface area (Å²) in [4.78, 5) is 13.0. The first-order chi connectivity index (χ1) is 8.13.